The smallest absolute Gasteiger partial charge is 0.245 e. The van der Waals surface area contributed by atoms with Gasteiger partial charge < -0.3 is 10.2 Å². The molecule has 2 amide bonds. The van der Waals surface area contributed by atoms with Gasteiger partial charge in [0.2, 0.25) is 11.8 Å². The van der Waals surface area contributed by atoms with Crippen LogP contribution in [0.3, 0.4) is 0 Å². The van der Waals surface area contributed by atoms with E-state index in [1.54, 1.807) is 13.8 Å². The monoisotopic (exact) mass is 282 g/mol. The van der Waals surface area contributed by atoms with Crippen LogP contribution in [-0.2, 0) is 16.0 Å². The van der Waals surface area contributed by atoms with Gasteiger partial charge in [0, 0.05) is 12.6 Å². The van der Waals surface area contributed by atoms with Crippen LogP contribution in [0.4, 0.5) is 8.78 Å². The third-order valence-electron chi connectivity index (χ3n) is 3.42. The van der Waals surface area contributed by atoms with E-state index in [1.807, 2.05) is 0 Å². The van der Waals surface area contributed by atoms with E-state index in [-0.39, 0.29) is 18.4 Å². The highest BCUT2D eigenvalue weighted by Crippen LogP contribution is 2.13. The molecule has 2 atom stereocenters. The lowest BCUT2D eigenvalue weighted by atomic mass is 10.1. The zero-order valence-electron chi connectivity index (χ0n) is 11.3. The lowest BCUT2D eigenvalue weighted by Crippen LogP contribution is -2.61. The first-order valence-electron chi connectivity index (χ1n) is 6.44. The topological polar surface area (TPSA) is 49.4 Å². The largest absolute Gasteiger partial charge is 0.343 e. The van der Waals surface area contributed by atoms with E-state index >= 15 is 0 Å². The van der Waals surface area contributed by atoms with Crippen LogP contribution in [0.15, 0.2) is 18.2 Å². The second kappa shape index (κ2) is 5.56. The standard InChI is InChI=1S/C14H16F2N2O2/c1-8-14(20)18(9(2)13(19)17-8)4-3-10-5-11(15)7-12(16)6-10/h5-9H,3-4H2,1-2H3,(H,17,19). The van der Waals surface area contributed by atoms with Crippen LogP contribution in [-0.4, -0.2) is 35.3 Å². The molecule has 1 aliphatic heterocycles. The fourth-order valence-corrected chi connectivity index (χ4v) is 2.29. The summed E-state index contributed by atoms with van der Waals surface area (Å²) in [5, 5.41) is 2.58. The molecule has 0 spiro atoms. The number of hydrogen-bond acceptors (Lipinski definition) is 2. The number of hydrogen-bond donors (Lipinski definition) is 1. The Bertz CT molecular complexity index is 528. The summed E-state index contributed by atoms with van der Waals surface area (Å²) in [5.41, 5.74) is 0.459. The lowest BCUT2D eigenvalue weighted by Gasteiger charge is -2.36. The van der Waals surface area contributed by atoms with Crippen LogP contribution in [0.2, 0.25) is 0 Å². The molecular formula is C14H16F2N2O2. The van der Waals surface area contributed by atoms with E-state index in [2.05, 4.69) is 5.32 Å². The highest BCUT2D eigenvalue weighted by molar-refractivity contribution is 5.96. The van der Waals surface area contributed by atoms with E-state index < -0.39 is 23.7 Å². The Hall–Kier alpha value is -1.98. The third kappa shape index (κ3) is 2.95. The van der Waals surface area contributed by atoms with Crippen molar-refractivity contribution < 1.29 is 18.4 Å². The molecule has 2 rings (SSSR count). The molecular weight excluding hydrogens is 266 g/mol. The number of amides is 2. The summed E-state index contributed by atoms with van der Waals surface area (Å²) in [4.78, 5) is 25.1. The molecule has 20 heavy (non-hydrogen) atoms. The summed E-state index contributed by atoms with van der Waals surface area (Å²) in [5.74, 6) is -1.70. The van der Waals surface area contributed by atoms with Gasteiger partial charge in [0.25, 0.3) is 0 Å². The molecule has 1 fully saturated rings. The van der Waals surface area contributed by atoms with Crippen LogP contribution in [0.1, 0.15) is 19.4 Å². The van der Waals surface area contributed by atoms with Gasteiger partial charge in [-0.25, -0.2) is 8.78 Å². The van der Waals surface area contributed by atoms with Gasteiger partial charge in [0.15, 0.2) is 0 Å². The van der Waals surface area contributed by atoms with Crippen molar-refractivity contribution in [1.29, 1.82) is 0 Å². The Morgan fingerprint density at radius 1 is 1.15 bits per heavy atom. The first kappa shape index (κ1) is 14.4. The van der Waals surface area contributed by atoms with Crippen molar-refractivity contribution in [2.45, 2.75) is 32.4 Å². The summed E-state index contributed by atoms with van der Waals surface area (Å²) >= 11 is 0. The predicted octanol–water partition coefficient (Wildman–Crippen LogP) is 1.24. The SMILES string of the molecule is CC1NC(=O)C(C)N(CCc2cc(F)cc(F)c2)C1=O. The molecule has 1 aromatic rings. The van der Waals surface area contributed by atoms with Gasteiger partial charge in [-0.1, -0.05) is 0 Å². The molecule has 1 heterocycles. The van der Waals surface area contributed by atoms with E-state index in [0.717, 1.165) is 6.07 Å². The van der Waals surface area contributed by atoms with E-state index in [1.165, 1.54) is 17.0 Å². The van der Waals surface area contributed by atoms with E-state index in [0.29, 0.717) is 12.0 Å². The first-order valence-corrected chi connectivity index (χ1v) is 6.44. The van der Waals surface area contributed by atoms with Crippen molar-refractivity contribution in [2.75, 3.05) is 6.54 Å². The molecule has 0 aliphatic carbocycles. The number of halogens is 2. The molecule has 4 nitrogen and oxygen atoms in total. The van der Waals surface area contributed by atoms with Gasteiger partial charge in [-0.05, 0) is 38.0 Å². The average Bonchev–Trinajstić information content (AvgIpc) is 2.35. The maximum absolute atomic E-state index is 13.1. The second-order valence-electron chi connectivity index (χ2n) is 4.97. The minimum atomic E-state index is -0.649. The van der Waals surface area contributed by atoms with Crippen LogP contribution in [0.25, 0.3) is 0 Å². The first-order chi connectivity index (χ1) is 9.38. The highest BCUT2D eigenvalue weighted by Gasteiger charge is 2.35. The lowest BCUT2D eigenvalue weighted by molar-refractivity contribution is -0.148. The Labute approximate surface area is 115 Å². The molecule has 0 aromatic heterocycles. The third-order valence-corrected chi connectivity index (χ3v) is 3.42. The average molecular weight is 282 g/mol. The van der Waals surface area contributed by atoms with Crippen molar-refractivity contribution in [2.24, 2.45) is 0 Å². The molecule has 2 unspecified atom stereocenters. The number of carbonyl (C=O) groups excluding carboxylic acids is 2. The molecule has 108 valence electrons. The Kier molecular flexibility index (Phi) is 4.01. The van der Waals surface area contributed by atoms with Gasteiger partial charge in [0.05, 0.1) is 0 Å². The molecule has 6 heteroatoms. The van der Waals surface area contributed by atoms with Crippen molar-refractivity contribution in [3.63, 3.8) is 0 Å². The maximum atomic E-state index is 13.1. The minimum absolute atomic E-state index is 0.186. The molecule has 1 N–H and O–H groups in total. The Morgan fingerprint density at radius 2 is 1.75 bits per heavy atom. The van der Waals surface area contributed by atoms with Crippen LogP contribution < -0.4 is 5.32 Å². The van der Waals surface area contributed by atoms with Crippen molar-refractivity contribution in [1.82, 2.24) is 10.2 Å². The van der Waals surface area contributed by atoms with Crippen molar-refractivity contribution in [3.05, 3.63) is 35.4 Å². The summed E-state index contributed by atoms with van der Waals surface area (Å²) in [7, 11) is 0. The fraction of sp³-hybridized carbons (Fsp3) is 0.429. The van der Waals surface area contributed by atoms with Crippen LogP contribution in [0, 0.1) is 11.6 Å². The molecule has 0 saturated carbocycles. The summed E-state index contributed by atoms with van der Waals surface area (Å²) in [6.07, 6.45) is 0.296. The van der Waals surface area contributed by atoms with Crippen molar-refractivity contribution in [3.8, 4) is 0 Å². The van der Waals surface area contributed by atoms with Crippen LogP contribution >= 0.6 is 0 Å². The molecule has 0 radical (unpaired) electrons. The van der Waals surface area contributed by atoms with Gasteiger partial charge >= 0.3 is 0 Å². The van der Waals surface area contributed by atoms with Gasteiger partial charge in [0.1, 0.15) is 23.7 Å². The summed E-state index contributed by atoms with van der Waals surface area (Å²) < 4.78 is 26.2. The molecule has 1 saturated heterocycles. The number of carbonyl (C=O) groups is 2. The Balaban J connectivity index is 2.08. The number of piperazine rings is 1. The normalized spacial score (nSPS) is 22.9. The number of rotatable bonds is 3. The fourth-order valence-electron chi connectivity index (χ4n) is 2.29. The van der Waals surface area contributed by atoms with Crippen LogP contribution in [0.5, 0.6) is 0 Å². The Morgan fingerprint density at radius 3 is 2.35 bits per heavy atom. The molecule has 1 aromatic carbocycles. The van der Waals surface area contributed by atoms with Crippen molar-refractivity contribution >= 4 is 11.8 Å². The number of nitrogens with zero attached hydrogens (tertiary/aromatic N) is 1. The summed E-state index contributed by atoms with van der Waals surface area (Å²) in [6, 6.07) is 2.12. The zero-order chi connectivity index (χ0) is 14.9. The molecule has 0 bridgehead atoms. The highest BCUT2D eigenvalue weighted by atomic mass is 19.1. The number of benzene rings is 1. The quantitative estimate of drug-likeness (QED) is 0.907. The van der Waals surface area contributed by atoms with E-state index in [9.17, 15) is 18.4 Å². The van der Waals surface area contributed by atoms with Gasteiger partial charge in [-0.15, -0.1) is 0 Å². The zero-order valence-corrected chi connectivity index (χ0v) is 11.3. The predicted molar refractivity (Wildman–Crippen MR) is 68.8 cm³/mol. The molecule has 1 aliphatic rings. The second-order valence-corrected chi connectivity index (χ2v) is 4.97. The van der Waals surface area contributed by atoms with Gasteiger partial charge in [-0.2, -0.15) is 0 Å². The van der Waals surface area contributed by atoms with E-state index in [4.69, 9.17) is 0 Å². The maximum Gasteiger partial charge on any atom is 0.245 e. The summed E-state index contributed by atoms with van der Waals surface area (Å²) in [6.45, 7) is 3.49. The minimum Gasteiger partial charge on any atom is -0.343 e. The van der Waals surface area contributed by atoms with Gasteiger partial charge in [-0.3, -0.25) is 9.59 Å². The number of nitrogens with one attached hydrogen (secondary N) is 1.